The molecule has 0 saturated carbocycles. The van der Waals surface area contributed by atoms with Gasteiger partial charge in [0.2, 0.25) is 12.7 Å². The second-order valence-electron chi connectivity index (χ2n) is 5.95. The van der Waals surface area contributed by atoms with E-state index in [9.17, 15) is 9.59 Å². The molecule has 1 amide bonds. The molecule has 3 rings (SSSR count). The van der Waals surface area contributed by atoms with Gasteiger partial charge in [0.05, 0.1) is 12.7 Å². The fraction of sp³-hybridized carbons (Fsp3) is 0.333. The molecule has 25 heavy (non-hydrogen) atoms. The number of allylic oxidation sites excluding steroid dienone is 1. The van der Waals surface area contributed by atoms with Gasteiger partial charge >= 0.3 is 0 Å². The van der Waals surface area contributed by atoms with E-state index in [0.29, 0.717) is 29.1 Å². The number of rotatable bonds is 6. The summed E-state index contributed by atoms with van der Waals surface area (Å²) in [5.41, 5.74) is 1.22. The lowest BCUT2D eigenvalue weighted by atomic mass is 10.1. The summed E-state index contributed by atoms with van der Waals surface area (Å²) >= 11 is 0. The molecule has 1 unspecified atom stereocenters. The Kier molecular flexibility index (Phi) is 5.04. The summed E-state index contributed by atoms with van der Waals surface area (Å²) in [5, 5.41) is 5.79. The van der Waals surface area contributed by atoms with Crippen LogP contribution in [0.2, 0.25) is 0 Å². The molecular weight excluding hydrogens is 322 g/mol. The van der Waals surface area contributed by atoms with Crippen molar-refractivity contribution < 1.29 is 19.1 Å². The highest BCUT2D eigenvalue weighted by Gasteiger charge is 2.20. The molecule has 2 heterocycles. The summed E-state index contributed by atoms with van der Waals surface area (Å²) in [6.45, 7) is 2.14. The molecule has 0 spiro atoms. The van der Waals surface area contributed by atoms with Crippen LogP contribution in [-0.4, -0.2) is 43.1 Å². The molecule has 0 aliphatic carbocycles. The largest absolute Gasteiger partial charge is 0.454 e. The minimum Gasteiger partial charge on any atom is -0.454 e. The Bertz CT molecular complexity index is 742. The number of carbonyl (C=O) groups is 2. The average molecular weight is 343 g/mol. The molecule has 7 heteroatoms. The first-order valence-corrected chi connectivity index (χ1v) is 8.09. The summed E-state index contributed by atoms with van der Waals surface area (Å²) in [7, 11) is 1.87. The number of nitrogens with zero attached hydrogens (tertiary/aromatic N) is 1. The minimum atomic E-state index is -0.441. The predicted molar refractivity (Wildman–Crippen MR) is 92.1 cm³/mol. The molecule has 0 fully saturated rings. The maximum absolute atomic E-state index is 12.5. The van der Waals surface area contributed by atoms with Crippen LogP contribution in [0.5, 0.6) is 11.5 Å². The van der Waals surface area contributed by atoms with E-state index in [1.165, 1.54) is 0 Å². The monoisotopic (exact) mass is 343 g/mol. The van der Waals surface area contributed by atoms with Crippen LogP contribution in [0.3, 0.4) is 0 Å². The Labute approximate surface area is 146 Å². The molecule has 132 valence electrons. The smallest absolute Gasteiger partial charge is 0.249 e. The van der Waals surface area contributed by atoms with Crippen molar-refractivity contribution in [3.63, 3.8) is 0 Å². The molecular formula is C18H21N3O4. The quantitative estimate of drug-likeness (QED) is 0.600. The molecule has 0 radical (unpaired) electrons. The number of benzene rings is 1. The molecule has 2 N–H and O–H groups in total. The van der Waals surface area contributed by atoms with Crippen LogP contribution in [0.4, 0.5) is 0 Å². The number of hydrogen-bond donors (Lipinski definition) is 2. The Hall–Kier alpha value is -2.80. The molecule has 0 aromatic heterocycles. The van der Waals surface area contributed by atoms with E-state index in [1.807, 2.05) is 24.2 Å². The van der Waals surface area contributed by atoms with Crippen LogP contribution >= 0.6 is 0 Å². The Morgan fingerprint density at radius 2 is 2.08 bits per heavy atom. The van der Waals surface area contributed by atoms with Gasteiger partial charge in [0.25, 0.3) is 0 Å². The van der Waals surface area contributed by atoms with Gasteiger partial charge in [-0.15, -0.1) is 0 Å². The second kappa shape index (κ2) is 7.40. The van der Waals surface area contributed by atoms with Crippen LogP contribution in [0.1, 0.15) is 23.7 Å². The number of ether oxygens (including phenoxy) is 2. The first-order valence-electron chi connectivity index (χ1n) is 8.09. The van der Waals surface area contributed by atoms with E-state index >= 15 is 0 Å². The Balaban J connectivity index is 1.50. The van der Waals surface area contributed by atoms with Gasteiger partial charge in [-0.05, 0) is 37.7 Å². The number of fused-ring (bicyclic) bond motifs is 1. The zero-order valence-electron chi connectivity index (χ0n) is 14.2. The van der Waals surface area contributed by atoms with Crippen LogP contribution in [0.15, 0.2) is 42.2 Å². The van der Waals surface area contributed by atoms with Gasteiger partial charge < -0.3 is 19.7 Å². The molecule has 2 aliphatic heterocycles. The lowest BCUT2D eigenvalue weighted by Crippen LogP contribution is -2.42. The standard InChI is InChI=1S/C18H21N3O4/c1-12(17(22)13-5-6-15-16(8-13)25-11-24-15)19-10-20-18(23)14-4-3-7-21(2)9-14/h3,5-9,12,19H,4,10-11H2,1-2H3,(H,20,23). The first kappa shape index (κ1) is 17.0. The topological polar surface area (TPSA) is 79.9 Å². The second-order valence-corrected chi connectivity index (χ2v) is 5.95. The first-order chi connectivity index (χ1) is 12.0. The fourth-order valence-corrected chi connectivity index (χ4v) is 2.63. The highest BCUT2D eigenvalue weighted by Crippen LogP contribution is 2.32. The van der Waals surface area contributed by atoms with Crippen molar-refractivity contribution in [2.75, 3.05) is 20.5 Å². The van der Waals surface area contributed by atoms with Crippen molar-refractivity contribution >= 4 is 11.7 Å². The zero-order valence-corrected chi connectivity index (χ0v) is 14.2. The number of ketones is 1. The van der Waals surface area contributed by atoms with Crippen molar-refractivity contribution in [3.8, 4) is 11.5 Å². The normalized spacial score (nSPS) is 16.4. The lowest BCUT2D eigenvalue weighted by molar-refractivity contribution is -0.117. The van der Waals surface area contributed by atoms with Crippen LogP contribution in [0, 0.1) is 0 Å². The summed E-state index contributed by atoms with van der Waals surface area (Å²) in [6.07, 6.45) is 6.22. The molecule has 1 aromatic carbocycles. The van der Waals surface area contributed by atoms with Gasteiger partial charge in [0.1, 0.15) is 0 Å². The molecule has 7 nitrogen and oxygen atoms in total. The molecule has 1 aromatic rings. The van der Waals surface area contributed by atoms with E-state index in [0.717, 1.165) is 0 Å². The van der Waals surface area contributed by atoms with Crippen LogP contribution < -0.4 is 20.1 Å². The number of carbonyl (C=O) groups excluding carboxylic acids is 2. The number of amides is 1. The van der Waals surface area contributed by atoms with Crippen molar-refractivity contribution in [2.45, 2.75) is 19.4 Å². The number of hydrogen-bond acceptors (Lipinski definition) is 6. The van der Waals surface area contributed by atoms with Crippen molar-refractivity contribution in [1.29, 1.82) is 0 Å². The highest BCUT2D eigenvalue weighted by molar-refractivity contribution is 6.00. The van der Waals surface area contributed by atoms with Crippen molar-refractivity contribution in [3.05, 3.63) is 47.8 Å². The van der Waals surface area contributed by atoms with Gasteiger partial charge in [-0.25, -0.2) is 0 Å². The van der Waals surface area contributed by atoms with E-state index in [2.05, 4.69) is 10.6 Å². The van der Waals surface area contributed by atoms with Gasteiger partial charge in [-0.3, -0.25) is 14.9 Å². The third kappa shape index (κ3) is 4.00. The van der Waals surface area contributed by atoms with E-state index in [-0.39, 0.29) is 25.2 Å². The molecule has 0 bridgehead atoms. The highest BCUT2D eigenvalue weighted by atomic mass is 16.7. The van der Waals surface area contributed by atoms with Gasteiger partial charge in [0, 0.05) is 24.4 Å². The van der Waals surface area contributed by atoms with Crippen LogP contribution in [0.25, 0.3) is 0 Å². The Morgan fingerprint density at radius 1 is 1.28 bits per heavy atom. The zero-order chi connectivity index (χ0) is 17.8. The maximum Gasteiger partial charge on any atom is 0.249 e. The van der Waals surface area contributed by atoms with Crippen LogP contribution in [-0.2, 0) is 4.79 Å². The third-order valence-corrected chi connectivity index (χ3v) is 4.04. The maximum atomic E-state index is 12.5. The minimum absolute atomic E-state index is 0.0768. The molecule has 2 aliphatic rings. The summed E-state index contributed by atoms with van der Waals surface area (Å²) in [6, 6.07) is 4.67. The number of Topliss-reactive ketones (excluding diaryl/α,β-unsaturated/α-hetero) is 1. The van der Waals surface area contributed by atoms with Crippen molar-refractivity contribution in [1.82, 2.24) is 15.5 Å². The van der Waals surface area contributed by atoms with Crippen molar-refractivity contribution in [2.24, 2.45) is 0 Å². The van der Waals surface area contributed by atoms with E-state index < -0.39 is 6.04 Å². The fourth-order valence-electron chi connectivity index (χ4n) is 2.63. The predicted octanol–water partition coefficient (Wildman–Crippen LogP) is 1.38. The third-order valence-electron chi connectivity index (χ3n) is 4.04. The summed E-state index contributed by atoms with van der Waals surface area (Å²) < 4.78 is 10.5. The van der Waals surface area contributed by atoms with Gasteiger partial charge in [-0.2, -0.15) is 0 Å². The lowest BCUT2D eigenvalue weighted by Gasteiger charge is -2.17. The van der Waals surface area contributed by atoms with E-state index in [1.54, 1.807) is 31.3 Å². The van der Waals surface area contributed by atoms with Gasteiger partial charge in [-0.1, -0.05) is 6.08 Å². The van der Waals surface area contributed by atoms with E-state index in [4.69, 9.17) is 9.47 Å². The number of nitrogens with one attached hydrogen (secondary N) is 2. The SMILES string of the molecule is CC(NCNC(=O)C1=CN(C)C=CC1)C(=O)c1ccc2c(c1)OCO2. The summed E-state index contributed by atoms with van der Waals surface area (Å²) in [4.78, 5) is 26.4. The Morgan fingerprint density at radius 3 is 2.88 bits per heavy atom. The van der Waals surface area contributed by atoms with Gasteiger partial charge in [0.15, 0.2) is 17.3 Å². The summed E-state index contributed by atoms with van der Waals surface area (Å²) in [5.74, 6) is 0.996. The molecule has 0 saturated heterocycles. The average Bonchev–Trinajstić information content (AvgIpc) is 3.08. The molecule has 1 atom stereocenters.